The highest BCUT2D eigenvalue weighted by molar-refractivity contribution is 6.02. The second-order valence-corrected chi connectivity index (χ2v) is 8.32. The molecule has 0 unspecified atom stereocenters. The highest BCUT2D eigenvalue weighted by atomic mass is 19.3. The number of carbonyl (C=O) groups is 3. The molecule has 34 heavy (non-hydrogen) atoms. The Balaban J connectivity index is 1.94. The van der Waals surface area contributed by atoms with Crippen molar-refractivity contribution in [3.8, 4) is 5.75 Å². The van der Waals surface area contributed by atoms with Crippen LogP contribution in [0.5, 0.6) is 5.75 Å². The first kappa shape index (κ1) is 24.9. The van der Waals surface area contributed by atoms with Crippen LogP contribution in [-0.4, -0.2) is 59.3 Å². The van der Waals surface area contributed by atoms with Gasteiger partial charge in [-0.05, 0) is 35.6 Å². The van der Waals surface area contributed by atoms with Gasteiger partial charge in [-0.3, -0.25) is 4.79 Å². The standard InChI is InChI=1S/C23H25F2N3O6/c1-13(2)15-6-4-5-7-16(15)23(11-28(12-23)22(32)33-10-18(29)30)20(31)27-19-17(34-21(24)25)8-14(3)9-26-19/h4-9,13,21H,10-12H2,1-3H3,(H,29,30)(H,26,27,31). The predicted octanol–water partition coefficient (Wildman–Crippen LogP) is 3.53. The van der Waals surface area contributed by atoms with E-state index in [9.17, 15) is 23.2 Å². The van der Waals surface area contributed by atoms with Crippen LogP contribution in [0, 0.1) is 6.92 Å². The van der Waals surface area contributed by atoms with Crippen LogP contribution in [-0.2, 0) is 19.7 Å². The quantitative estimate of drug-likeness (QED) is 0.597. The van der Waals surface area contributed by atoms with Crippen molar-refractivity contribution in [2.24, 2.45) is 0 Å². The summed E-state index contributed by atoms with van der Waals surface area (Å²) < 4.78 is 35.0. The van der Waals surface area contributed by atoms with E-state index in [0.717, 1.165) is 5.56 Å². The lowest BCUT2D eigenvalue weighted by molar-refractivity contribution is -0.141. The molecule has 1 aromatic carbocycles. The van der Waals surface area contributed by atoms with Crippen molar-refractivity contribution in [1.29, 1.82) is 0 Å². The number of hydrogen-bond acceptors (Lipinski definition) is 6. The molecule has 1 fully saturated rings. The number of nitrogens with zero attached hydrogens (tertiary/aromatic N) is 2. The third kappa shape index (κ3) is 5.24. The maximum atomic E-state index is 13.6. The Hall–Kier alpha value is -3.76. The minimum Gasteiger partial charge on any atom is -0.479 e. The summed E-state index contributed by atoms with van der Waals surface area (Å²) in [6.07, 6.45) is 0.530. The largest absolute Gasteiger partial charge is 0.479 e. The summed E-state index contributed by atoms with van der Waals surface area (Å²) in [5.74, 6) is -2.29. The average Bonchev–Trinajstić information content (AvgIpc) is 2.73. The Morgan fingerprint density at radius 2 is 1.91 bits per heavy atom. The van der Waals surface area contributed by atoms with Gasteiger partial charge in [0.05, 0.1) is 0 Å². The Bertz CT molecular complexity index is 1090. The van der Waals surface area contributed by atoms with Crippen LogP contribution >= 0.6 is 0 Å². The van der Waals surface area contributed by atoms with Crippen LogP contribution in [0.15, 0.2) is 36.5 Å². The smallest absolute Gasteiger partial charge is 0.410 e. The van der Waals surface area contributed by atoms with Crippen molar-refractivity contribution < 1.29 is 37.7 Å². The van der Waals surface area contributed by atoms with Crippen LogP contribution in [0.4, 0.5) is 19.4 Å². The third-order valence-electron chi connectivity index (χ3n) is 5.47. The van der Waals surface area contributed by atoms with E-state index in [4.69, 9.17) is 9.84 Å². The number of ether oxygens (including phenoxy) is 2. The molecule has 1 aromatic heterocycles. The number of likely N-dealkylation sites (tertiary alicyclic amines) is 1. The van der Waals surface area contributed by atoms with Gasteiger partial charge in [-0.25, -0.2) is 14.6 Å². The Morgan fingerprint density at radius 1 is 1.24 bits per heavy atom. The normalized spacial score (nSPS) is 14.5. The number of amides is 2. The average molecular weight is 477 g/mol. The molecule has 1 aliphatic rings. The lowest BCUT2D eigenvalue weighted by Crippen LogP contribution is -2.66. The summed E-state index contributed by atoms with van der Waals surface area (Å²) in [4.78, 5) is 41.8. The highest BCUT2D eigenvalue weighted by Gasteiger charge is 2.54. The Kier molecular flexibility index (Phi) is 7.33. The van der Waals surface area contributed by atoms with Crippen LogP contribution in [0.1, 0.15) is 36.5 Å². The van der Waals surface area contributed by atoms with Gasteiger partial charge in [0.25, 0.3) is 0 Å². The van der Waals surface area contributed by atoms with Gasteiger partial charge in [0, 0.05) is 19.3 Å². The molecular formula is C23H25F2N3O6. The number of carbonyl (C=O) groups excluding carboxylic acids is 2. The number of aliphatic carboxylic acids is 1. The number of benzene rings is 1. The van der Waals surface area contributed by atoms with Crippen molar-refractivity contribution in [2.75, 3.05) is 25.0 Å². The zero-order valence-corrected chi connectivity index (χ0v) is 18.9. The van der Waals surface area contributed by atoms with Gasteiger partial charge in [0.2, 0.25) is 5.91 Å². The molecule has 11 heteroatoms. The monoisotopic (exact) mass is 477 g/mol. The molecule has 1 saturated heterocycles. The van der Waals surface area contributed by atoms with Gasteiger partial charge in [0.15, 0.2) is 18.2 Å². The summed E-state index contributed by atoms with van der Waals surface area (Å²) in [6.45, 7) is 1.44. The SMILES string of the molecule is Cc1cnc(NC(=O)C2(c3ccccc3C(C)C)CN(C(=O)OCC(=O)O)C2)c(OC(F)F)c1. The number of alkyl halides is 2. The second kappa shape index (κ2) is 10.0. The molecule has 0 atom stereocenters. The number of hydrogen-bond donors (Lipinski definition) is 2. The summed E-state index contributed by atoms with van der Waals surface area (Å²) in [6, 6.07) is 8.57. The molecule has 2 amide bonds. The maximum absolute atomic E-state index is 13.6. The van der Waals surface area contributed by atoms with Crippen molar-refractivity contribution >= 4 is 23.8 Å². The molecular weight excluding hydrogens is 452 g/mol. The number of rotatable bonds is 8. The number of carboxylic acid groups (broad SMARTS) is 1. The van der Waals surface area contributed by atoms with E-state index < -0.39 is 36.6 Å². The molecule has 1 aliphatic heterocycles. The zero-order valence-electron chi connectivity index (χ0n) is 18.9. The molecule has 2 aromatic rings. The van der Waals surface area contributed by atoms with Gasteiger partial charge in [-0.1, -0.05) is 38.1 Å². The summed E-state index contributed by atoms with van der Waals surface area (Å²) >= 11 is 0. The van der Waals surface area contributed by atoms with Crippen molar-refractivity contribution in [3.63, 3.8) is 0 Å². The molecule has 2 N–H and O–H groups in total. The molecule has 0 spiro atoms. The minimum atomic E-state index is -3.11. The summed E-state index contributed by atoms with van der Waals surface area (Å²) in [7, 11) is 0. The molecule has 0 aliphatic carbocycles. The minimum absolute atomic E-state index is 0.0455. The first-order chi connectivity index (χ1) is 16.0. The molecule has 0 saturated carbocycles. The van der Waals surface area contributed by atoms with E-state index in [2.05, 4.69) is 15.0 Å². The third-order valence-corrected chi connectivity index (χ3v) is 5.47. The number of carboxylic acids is 1. The molecule has 3 rings (SSSR count). The van der Waals surface area contributed by atoms with Crippen molar-refractivity contribution in [1.82, 2.24) is 9.88 Å². The zero-order chi connectivity index (χ0) is 25.0. The van der Waals surface area contributed by atoms with Crippen molar-refractivity contribution in [2.45, 2.75) is 38.7 Å². The molecule has 2 heterocycles. The fraction of sp³-hybridized carbons (Fsp3) is 0.391. The van der Waals surface area contributed by atoms with Gasteiger partial charge in [0.1, 0.15) is 5.41 Å². The van der Waals surface area contributed by atoms with E-state index in [1.54, 1.807) is 19.1 Å². The highest BCUT2D eigenvalue weighted by Crippen LogP contribution is 2.40. The van der Waals surface area contributed by atoms with Gasteiger partial charge in [-0.2, -0.15) is 8.78 Å². The number of anilines is 1. The molecule has 182 valence electrons. The number of pyridine rings is 1. The molecule has 9 nitrogen and oxygen atoms in total. The second-order valence-electron chi connectivity index (χ2n) is 8.32. The van der Waals surface area contributed by atoms with E-state index in [-0.39, 0.29) is 30.6 Å². The fourth-order valence-electron chi connectivity index (χ4n) is 3.87. The fourth-order valence-corrected chi connectivity index (χ4v) is 3.87. The van der Waals surface area contributed by atoms with Gasteiger partial charge >= 0.3 is 18.7 Å². The van der Waals surface area contributed by atoms with Crippen LogP contribution in [0.3, 0.4) is 0 Å². The van der Waals surface area contributed by atoms with E-state index in [1.807, 2.05) is 26.0 Å². The number of aryl methyl sites for hydroxylation is 1. The number of halogens is 2. The first-order valence-corrected chi connectivity index (χ1v) is 10.5. The van der Waals surface area contributed by atoms with E-state index >= 15 is 0 Å². The lowest BCUT2D eigenvalue weighted by Gasteiger charge is -2.49. The van der Waals surface area contributed by atoms with Crippen LogP contribution in [0.25, 0.3) is 0 Å². The predicted molar refractivity (Wildman–Crippen MR) is 117 cm³/mol. The number of aromatic nitrogens is 1. The topological polar surface area (TPSA) is 118 Å². The van der Waals surface area contributed by atoms with Crippen LogP contribution in [0.2, 0.25) is 0 Å². The Labute approximate surface area is 194 Å². The van der Waals surface area contributed by atoms with Gasteiger partial charge < -0.3 is 24.8 Å². The lowest BCUT2D eigenvalue weighted by atomic mass is 9.70. The summed E-state index contributed by atoms with van der Waals surface area (Å²) in [5.41, 5.74) is 0.854. The van der Waals surface area contributed by atoms with E-state index in [0.29, 0.717) is 11.1 Å². The molecule has 0 bridgehead atoms. The number of nitrogens with one attached hydrogen (secondary N) is 1. The Morgan fingerprint density at radius 3 is 2.53 bits per heavy atom. The molecule has 0 radical (unpaired) electrons. The van der Waals surface area contributed by atoms with E-state index in [1.165, 1.54) is 17.2 Å². The van der Waals surface area contributed by atoms with Crippen molar-refractivity contribution in [3.05, 3.63) is 53.2 Å². The maximum Gasteiger partial charge on any atom is 0.410 e. The first-order valence-electron chi connectivity index (χ1n) is 10.5. The van der Waals surface area contributed by atoms with Gasteiger partial charge in [-0.15, -0.1) is 0 Å². The summed E-state index contributed by atoms with van der Waals surface area (Å²) in [5, 5.41) is 11.3. The van der Waals surface area contributed by atoms with Crippen LogP contribution < -0.4 is 10.1 Å².